The second-order valence-electron chi connectivity index (χ2n) is 5.16. The zero-order valence-electron chi connectivity index (χ0n) is 11.5. The topological polar surface area (TPSA) is 29.0 Å². The lowest BCUT2D eigenvalue weighted by atomic mass is 10.0. The normalized spacial score (nSPS) is 18.7. The van der Waals surface area contributed by atoms with Crippen LogP contribution >= 0.6 is 0 Å². The van der Waals surface area contributed by atoms with Crippen molar-refractivity contribution in [2.24, 2.45) is 0 Å². The first-order valence-corrected chi connectivity index (χ1v) is 6.87. The van der Waals surface area contributed by atoms with E-state index in [0.29, 0.717) is 12.4 Å². The summed E-state index contributed by atoms with van der Waals surface area (Å²) < 4.78 is 51.0. The summed E-state index contributed by atoms with van der Waals surface area (Å²) in [7, 11) is 0. The van der Waals surface area contributed by atoms with Crippen molar-refractivity contribution in [1.29, 1.82) is 0 Å². The Bertz CT molecular complexity index is 655. The molecular weight excluding hydrogens is 298 g/mol. The highest BCUT2D eigenvalue weighted by Crippen LogP contribution is 2.36. The van der Waals surface area contributed by atoms with E-state index < -0.39 is 17.8 Å². The molecule has 0 saturated carbocycles. The summed E-state index contributed by atoms with van der Waals surface area (Å²) in [5.41, 5.74) is 0.0957. The number of aromatic nitrogens is 2. The molecule has 7 heteroatoms. The SMILES string of the molecule is Fc1nccc(N2CCCC2c2ccc(C(F)(F)F)cc2)n1. The Hall–Kier alpha value is -2.18. The molecule has 1 saturated heterocycles. The molecule has 1 aromatic heterocycles. The van der Waals surface area contributed by atoms with Gasteiger partial charge in [-0.1, -0.05) is 12.1 Å². The number of anilines is 1. The Labute approximate surface area is 124 Å². The van der Waals surface area contributed by atoms with E-state index in [1.165, 1.54) is 18.3 Å². The van der Waals surface area contributed by atoms with Crippen LogP contribution in [0.1, 0.15) is 30.0 Å². The van der Waals surface area contributed by atoms with E-state index in [9.17, 15) is 17.6 Å². The lowest BCUT2D eigenvalue weighted by Crippen LogP contribution is -2.24. The quantitative estimate of drug-likeness (QED) is 0.620. The highest BCUT2D eigenvalue weighted by Gasteiger charge is 2.32. The van der Waals surface area contributed by atoms with Gasteiger partial charge < -0.3 is 4.90 Å². The molecule has 0 N–H and O–H groups in total. The molecular formula is C15H13F4N3. The third kappa shape index (κ3) is 2.88. The van der Waals surface area contributed by atoms with E-state index >= 15 is 0 Å². The van der Waals surface area contributed by atoms with Crippen LogP contribution in [-0.4, -0.2) is 16.5 Å². The number of hydrogen-bond acceptors (Lipinski definition) is 3. The molecule has 1 atom stereocenters. The van der Waals surface area contributed by atoms with Gasteiger partial charge in [-0.2, -0.15) is 22.5 Å². The number of benzene rings is 1. The smallest absolute Gasteiger partial charge is 0.349 e. The largest absolute Gasteiger partial charge is 0.416 e. The fourth-order valence-corrected chi connectivity index (χ4v) is 2.77. The first-order chi connectivity index (χ1) is 10.4. The molecule has 0 bridgehead atoms. The molecule has 1 aliphatic rings. The highest BCUT2D eigenvalue weighted by molar-refractivity contribution is 5.43. The van der Waals surface area contributed by atoms with Crippen molar-refractivity contribution in [2.75, 3.05) is 11.4 Å². The molecule has 1 aromatic carbocycles. The van der Waals surface area contributed by atoms with Crippen LogP contribution in [0.2, 0.25) is 0 Å². The number of rotatable bonds is 2. The molecule has 116 valence electrons. The van der Waals surface area contributed by atoms with Crippen molar-refractivity contribution in [2.45, 2.75) is 25.1 Å². The van der Waals surface area contributed by atoms with E-state index in [-0.39, 0.29) is 6.04 Å². The van der Waals surface area contributed by atoms with Crippen LogP contribution in [0.15, 0.2) is 36.5 Å². The Balaban J connectivity index is 1.87. The molecule has 0 amide bonds. The monoisotopic (exact) mass is 311 g/mol. The number of hydrogen-bond donors (Lipinski definition) is 0. The van der Waals surface area contributed by atoms with E-state index in [0.717, 1.165) is 30.5 Å². The van der Waals surface area contributed by atoms with Gasteiger partial charge in [0.25, 0.3) is 0 Å². The van der Waals surface area contributed by atoms with Gasteiger partial charge in [0.05, 0.1) is 11.6 Å². The van der Waals surface area contributed by atoms with Gasteiger partial charge in [0.1, 0.15) is 5.82 Å². The second kappa shape index (κ2) is 5.55. The summed E-state index contributed by atoms with van der Waals surface area (Å²) in [6.07, 6.45) is -2.16. The van der Waals surface area contributed by atoms with Crippen LogP contribution in [0.3, 0.4) is 0 Å². The Morgan fingerprint density at radius 1 is 1.09 bits per heavy atom. The predicted molar refractivity (Wildman–Crippen MR) is 72.8 cm³/mol. The third-order valence-electron chi connectivity index (χ3n) is 3.78. The molecule has 1 aliphatic heterocycles. The van der Waals surface area contributed by atoms with Gasteiger partial charge in [-0.15, -0.1) is 0 Å². The first-order valence-electron chi connectivity index (χ1n) is 6.87. The maximum atomic E-state index is 13.2. The molecule has 1 unspecified atom stereocenters. The summed E-state index contributed by atoms with van der Waals surface area (Å²) in [5, 5.41) is 0. The second-order valence-corrected chi connectivity index (χ2v) is 5.16. The molecule has 22 heavy (non-hydrogen) atoms. The van der Waals surface area contributed by atoms with Crippen molar-refractivity contribution in [3.63, 3.8) is 0 Å². The zero-order valence-corrected chi connectivity index (χ0v) is 11.5. The van der Waals surface area contributed by atoms with Gasteiger partial charge >= 0.3 is 12.3 Å². The number of alkyl halides is 3. The van der Waals surface area contributed by atoms with Crippen LogP contribution in [0.4, 0.5) is 23.4 Å². The van der Waals surface area contributed by atoms with Gasteiger partial charge in [-0.3, -0.25) is 0 Å². The number of nitrogens with zero attached hydrogens (tertiary/aromatic N) is 3. The summed E-state index contributed by atoms with van der Waals surface area (Å²) >= 11 is 0. The molecule has 2 aromatic rings. The Morgan fingerprint density at radius 3 is 2.45 bits per heavy atom. The van der Waals surface area contributed by atoms with Gasteiger partial charge in [0.15, 0.2) is 0 Å². The van der Waals surface area contributed by atoms with E-state index in [2.05, 4.69) is 9.97 Å². The molecule has 0 aliphatic carbocycles. The van der Waals surface area contributed by atoms with Crippen molar-refractivity contribution < 1.29 is 17.6 Å². The minimum atomic E-state index is -4.34. The Kier molecular flexibility index (Phi) is 3.72. The summed E-state index contributed by atoms with van der Waals surface area (Å²) in [4.78, 5) is 9.07. The average molecular weight is 311 g/mol. The van der Waals surface area contributed by atoms with Gasteiger partial charge in [0.2, 0.25) is 0 Å². The van der Waals surface area contributed by atoms with Crippen molar-refractivity contribution in [1.82, 2.24) is 9.97 Å². The van der Waals surface area contributed by atoms with E-state index in [4.69, 9.17) is 0 Å². The van der Waals surface area contributed by atoms with Crippen LogP contribution in [-0.2, 0) is 6.18 Å². The minimum Gasteiger partial charge on any atom is -0.349 e. The molecule has 2 heterocycles. The lowest BCUT2D eigenvalue weighted by molar-refractivity contribution is -0.137. The van der Waals surface area contributed by atoms with Crippen molar-refractivity contribution >= 4 is 5.82 Å². The maximum Gasteiger partial charge on any atom is 0.416 e. The average Bonchev–Trinajstić information content (AvgIpc) is 2.96. The highest BCUT2D eigenvalue weighted by atomic mass is 19.4. The van der Waals surface area contributed by atoms with Gasteiger partial charge in [-0.25, -0.2) is 4.98 Å². The van der Waals surface area contributed by atoms with E-state index in [1.807, 2.05) is 4.90 Å². The fraction of sp³-hybridized carbons (Fsp3) is 0.333. The van der Waals surface area contributed by atoms with Crippen LogP contribution in [0, 0.1) is 6.08 Å². The maximum absolute atomic E-state index is 13.2. The molecule has 1 fully saturated rings. The number of halogens is 4. The van der Waals surface area contributed by atoms with E-state index in [1.54, 1.807) is 6.07 Å². The molecule has 0 spiro atoms. The van der Waals surface area contributed by atoms with Crippen LogP contribution in [0.5, 0.6) is 0 Å². The zero-order chi connectivity index (χ0) is 15.7. The molecule has 3 rings (SSSR count). The summed E-state index contributed by atoms with van der Waals surface area (Å²) in [6.45, 7) is 0.683. The minimum absolute atomic E-state index is 0.100. The lowest BCUT2D eigenvalue weighted by Gasteiger charge is -2.26. The molecule has 0 radical (unpaired) electrons. The predicted octanol–water partition coefficient (Wildman–Crippen LogP) is 3.98. The van der Waals surface area contributed by atoms with Crippen LogP contribution < -0.4 is 4.90 Å². The first kappa shape index (κ1) is 14.7. The Morgan fingerprint density at radius 2 is 1.82 bits per heavy atom. The fourth-order valence-electron chi connectivity index (χ4n) is 2.77. The van der Waals surface area contributed by atoms with Gasteiger partial charge in [0, 0.05) is 12.7 Å². The van der Waals surface area contributed by atoms with Crippen molar-refractivity contribution in [3.05, 3.63) is 53.7 Å². The summed E-state index contributed by atoms with van der Waals surface area (Å²) in [6, 6.07) is 6.60. The standard InChI is InChI=1S/C15H13F4N3/c16-14-20-8-7-13(21-14)22-9-1-2-12(22)10-3-5-11(6-4-10)15(17,18)19/h3-8,12H,1-2,9H2. The van der Waals surface area contributed by atoms with Crippen LogP contribution in [0.25, 0.3) is 0 Å². The van der Waals surface area contributed by atoms with Gasteiger partial charge in [-0.05, 0) is 36.6 Å². The summed E-state index contributed by atoms with van der Waals surface area (Å²) in [5.74, 6) is 0.454. The molecule has 3 nitrogen and oxygen atoms in total. The third-order valence-corrected chi connectivity index (χ3v) is 3.78. The van der Waals surface area contributed by atoms with Crippen molar-refractivity contribution in [3.8, 4) is 0 Å².